The zero-order valence-electron chi connectivity index (χ0n) is 12.3. The summed E-state index contributed by atoms with van der Waals surface area (Å²) < 4.78 is 40.4. The maximum atomic E-state index is 13.1. The summed E-state index contributed by atoms with van der Waals surface area (Å²) in [6.45, 7) is 0. The molecule has 128 valence electrons. The summed E-state index contributed by atoms with van der Waals surface area (Å²) >= 11 is 6.93. The quantitative estimate of drug-likeness (QED) is 0.617. The Kier molecular flexibility index (Phi) is 5.61. The third kappa shape index (κ3) is 4.55. The Morgan fingerprint density at radius 3 is 2.54 bits per heavy atom. The monoisotopic (exact) mass is 376 g/mol. The first-order valence-corrected chi connectivity index (χ1v) is 7.97. The number of aryl methyl sites for hydroxylation is 1. The Bertz CT molecular complexity index is 770. The number of hydrogen-bond acceptors (Lipinski definition) is 3. The van der Waals surface area contributed by atoms with Crippen molar-refractivity contribution in [3.8, 4) is 0 Å². The molecule has 0 bridgehead atoms. The number of alkyl halides is 3. The van der Waals surface area contributed by atoms with E-state index in [1.165, 1.54) is 7.05 Å². The van der Waals surface area contributed by atoms with Crippen LogP contribution in [-0.4, -0.2) is 20.9 Å². The summed E-state index contributed by atoms with van der Waals surface area (Å²) in [5, 5.41) is 13.0. The van der Waals surface area contributed by atoms with E-state index in [2.05, 4.69) is 5.10 Å². The van der Waals surface area contributed by atoms with Gasteiger partial charge in [0.2, 0.25) is 0 Å². The molecule has 0 amide bonds. The van der Waals surface area contributed by atoms with Crippen LogP contribution in [0.15, 0.2) is 35.4 Å². The second-order valence-electron chi connectivity index (χ2n) is 4.78. The number of hydrogen-bond donors (Lipinski definition) is 1. The molecule has 0 atom stereocenters. The first kappa shape index (κ1) is 18.4. The maximum absolute atomic E-state index is 13.1. The zero-order valence-corrected chi connectivity index (χ0v) is 13.9. The Labute approximate surface area is 144 Å². The highest BCUT2D eigenvalue weighted by atomic mass is 35.5. The lowest BCUT2D eigenvalue weighted by molar-refractivity contribution is -0.141. The van der Waals surface area contributed by atoms with Gasteiger partial charge in [-0.05, 0) is 23.8 Å². The van der Waals surface area contributed by atoms with E-state index in [0.717, 1.165) is 28.1 Å². The van der Waals surface area contributed by atoms with Gasteiger partial charge in [-0.3, -0.25) is 4.68 Å². The number of carbonyl (C=O) groups is 1. The summed E-state index contributed by atoms with van der Waals surface area (Å²) in [5.74, 6) is -0.942. The Morgan fingerprint density at radius 1 is 1.38 bits per heavy atom. The van der Waals surface area contributed by atoms with Crippen molar-refractivity contribution in [1.29, 1.82) is 0 Å². The third-order valence-electron chi connectivity index (χ3n) is 2.98. The van der Waals surface area contributed by atoms with Gasteiger partial charge in [0, 0.05) is 29.5 Å². The van der Waals surface area contributed by atoms with E-state index in [0.29, 0.717) is 16.9 Å². The minimum atomic E-state index is -4.67. The van der Waals surface area contributed by atoms with E-state index in [1.807, 2.05) is 0 Å². The highest BCUT2D eigenvalue weighted by Crippen LogP contribution is 2.37. The van der Waals surface area contributed by atoms with E-state index in [9.17, 15) is 18.0 Å². The zero-order chi connectivity index (χ0) is 17.9. The molecule has 0 aliphatic heterocycles. The SMILES string of the molecule is Cn1nc(C(F)(F)F)c(/C=C/C(=O)O)c1SCc1ccc(Cl)cc1. The lowest BCUT2D eigenvalue weighted by Crippen LogP contribution is -2.08. The topological polar surface area (TPSA) is 55.1 Å². The Balaban J connectivity index is 2.35. The maximum Gasteiger partial charge on any atom is 0.435 e. The molecule has 2 aromatic rings. The standard InChI is InChI=1S/C15H12ClF3N2O2S/c1-21-14(24-8-9-2-4-10(16)5-3-9)11(6-7-12(22)23)13(20-21)15(17,18)19/h2-7H,8H2,1H3,(H,22,23)/b7-6+. The second kappa shape index (κ2) is 7.31. The average molecular weight is 377 g/mol. The van der Waals surface area contributed by atoms with Crippen LogP contribution in [0.4, 0.5) is 13.2 Å². The Hall–Kier alpha value is -1.93. The number of nitrogens with zero attached hydrogens (tertiary/aromatic N) is 2. The van der Waals surface area contributed by atoms with Gasteiger partial charge in [0.25, 0.3) is 0 Å². The van der Waals surface area contributed by atoms with E-state index in [4.69, 9.17) is 16.7 Å². The molecule has 1 heterocycles. The van der Waals surface area contributed by atoms with Crippen molar-refractivity contribution < 1.29 is 23.1 Å². The number of rotatable bonds is 5. The predicted octanol–water partition coefficient (Wildman–Crippen LogP) is 4.48. The lowest BCUT2D eigenvalue weighted by Gasteiger charge is -2.06. The molecule has 0 radical (unpaired) electrons. The summed E-state index contributed by atoms with van der Waals surface area (Å²) in [6.07, 6.45) is -3.09. The fraction of sp³-hybridized carbons (Fsp3) is 0.200. The van der Waals surface area contributed by atoms with Gasteiger partial charge in [0.05, 0.1) is 0 Å². The van der Waals surface area contributed by atoms with Crippen molar-refractivity contribution in [2.24, 2.45) is 7.05 Å². The van der Waals surface area contributed by atoms with Crippen LogP contribution >= 0.6 is 23.4 Å². The molecule has 0 fully saturated rings. The van der Waals surface area contributed by atoms with E-state index in [-0.39, 0.29) is 10.6 Å². The van der Waals surface area contributed by atoms with Crippen LogP contribution in [0.5, 0.6) is 0 Å². The van der Waals surface area contributed by atoms with Crippen LogP contribution < -0.4 is 0 Å². The molecule has 2 rings (SSSR count). The van der Waals surface area contributed by atoms with Crippen LogP contribution in [0.3, 0.4) is 0 Å². The van der Waals surface area contributed by atoms with Crippen molar-refractivity contribution in [3.63, 3.8) is 0 Å². The van der Waals surface area contributed by atoms with Crippen LogP contribution in [0.2, 0.25) is 5.02 Å². The van der Waals surface area contributed by atoms with Gasteiger partial charge in [0.1, 0.15) is 5.03 Å². The van der Waals surface area contributed by atoms with Gasteiger partial charge < -0.3 is 5.11 Å². The van der Waals surface area contributed by atoms with Gasteiger partial charge >= 0.3 is 12.1 Å². The number of aliphatic carboxylic acids is 1. The molecule has 0 aliphatic rings. The summed E-state index contributed by atoms with van der Waals surface area (Å²) in [7, 11) is 1.39. The predicted molar refractivity (Wildman–Crippen MR) is 85.9 cm³/mol. The molecular formula is C15H12ClF3N2O2S. The minimum absolute atomic E-state index is 0.231. The molecule has 0 aliphatic carbocycles. The van der Waals surface area contributed by atoms with Gasteiger partial charge in [-0.1, -0.05) is 23.7 Å². The van der Waals surface area contributed by atoms with E-state index >= 15 is 0 Å². The number of aromatic nitrogens is 2. The number of carboxylic acids is 1. The summed E-state index contributed by atoms with van der Waals surface area (Å²) in [6, 6.07) is 6.91. The third-order valence-corrected chi connectivity index (χ3v) is 4.47. The van der Waals surface area contributed by atoms with Crippen LogP contribution in [0.1, 0.15) is 16.8 Å². The number of halogens is 4. The molecule has 24 heavy (non-hydrogen) atoms. The molecule has 0 spiro atoms. The molecular weight excluding hydrogens is 365 g/mol. The molecule has 0 saturated carbocycles. The van der Waals surface area contributed by atoms with Gasteiger partial charge in [-0.2, -0.15) is 18.3 Å². The molecule has 1 aromatic carbocycles. The number of carboxylic acid groups (broad SMARTS) is 1. The van der Waals surface area contributed by atoms with E-state index in [1.54, 1.807) is 24.3 Å². The lowest BCUT2D eigenvalue weighted by atomic mass is 10.2. The van der Waals surface area contributed by atoms with Crippen molar-refractivity contribution in [2.45, 2.75) is 17.0 Å². The minimum Gasteiger partial charge on any atom is -0.478 e. The van der Waals surface area contributed by atoms with Crippen LogP contribution in [0, 0.1) is 0 Å². The molecule has 4 nitrogen and oxygen atoms in total. The second-order valence-corrected chi connectivity index (χ2v) is 6.18. The Morgan fingerprint density at radius 2 is 2.00 bits per heavy atom. The highest BCUT2D eigenvalue weighted by Gasteiger charge is 2.38. The first-order chi connectivity index (χ1) is 11.2. The number of benzene rings is 1. The fourth-order valence-corrected chi connectivity index (χ4v) is 3.11. The normalized spacial score (nSPS) is 12.0. The largest absolute Gasteiger partial charge is 0.478 e. The van der Waals surface area contributed by atoms with Crippen molar-refractivity contribution in [1.82, 2.24) is 9.78 Å². The summed E-state index contributed by atoms with van der Waals surface area (Å²) in [4.78, 5) is 10.6. The van der Waals surface area contributed by atoms with Gasteiger partial charge in [0.15, 0.2) is 5.69 Å². The van der Waals surface area contributed by atoms with Crippen molar-refractivity contribution in [2.75, 3.05) is 0 Å². The molecule has 1 aromatic heterocycles. The van der Waals surface area contributed by atoms with E-state index < -0.39 is 17.8 Å². The number of thioether (sulfide) groups is 1. The fourth-order valence-electron chi connectivity index (χ4n) is 1.94. The van der Waals surface area contributed by atoms with Gasteiger partial charge in [-0.25, -0.2) is 4.79 Å². The van der Waals surface area contributed by atoms with Crippen LogP contribution in [0.25, 0.3) is 6.08 Å². The smallest absolute Gasteiger partial charge is 0.435 e. The molecule has 0 saturated heterocycles. The van der Waals surface area contributed by atoms with Crippen molar-refractivity contribution in [3.05, 3.63) is 52.2 Å². The molecule has 9 heteroatoms. The molecule has 0 unspecified atom stereocenters. The first-order valence-electron chi connectivity index (χ1n) is 6.61. The van der Waals surface area contributed by atoms with Crippen LogP contribution in [-0.2, 0) is 23.8 Å². The average Bonchev–Trinajstić information content (AvgIpc) is 2.81. The van der Waals surface area contributed by atoms with Crippen molar-refractivity contribution >= 4 is 35.4 Å². The summed E-state index contributed by atoms with van der Waals surface area (Å²) in [5.41, 5.74) is -0.500. The van der Waals surface area contributed by atoms with Gasteiger partial charge in [-0.15, -0.1) is 11.8 Å². The molecule has 1 N–H and O–H groups in total. The highest BCUT2D eigenvalue weighted by molar-refractivity contribution is 7.98.